The molecule has 1 aliphatic carbocycles. The maximum atomic E-state index is 12.0. The summed E-state index contributed by atoms with van der Waals surface area (Å²) >= 11 is 0. The van der Waals surface area contributed by atoms with Crippen LogP contribution < -0.4 is 5.32 Å². The summed E-state index contributed by atoms with van der Waals surface area (Å²) in [6.07, 6.45) is 3.38. The van der Waals surface area contributed by atoms with Gasteiger partial charge in [0.2, 0.25) is 0 Å². The lowest BCUT2D eigenvalue weighted by Crippen LogP contribution is -2.60. The van der Waals surface area contributed by atoms with Gasteiger partial charge < -0.3 is 20.1 Å². The molecule has 1 saturated carbocycles. The Morgan fingerprint density at radius 3 is 2.64 bits per heavy atom. The molecule has 1 heterocycles. The Labute approximate surface area is 133 Å². The van der Waals surface area contributed by atoms with Gasteiger partial charge in [-0.2, -0.15) is 0 Å². The number of nitrogens with one attached hydrogen (secondary N) is 1. The molecule has 1 fully saturated rings. The summed E-state index contributed by atoms with van der Waals surface area (Å²) in [4.78, 5) is 13.7. The molecule has 0 aromatic carbocycles. The first-order valence-electron chi connectivity index (χ1n) is 8.17. The fraction of sp³-hybridized carbons (Fsp3) is 0.824. The van der Waals surface area contributed by atoms with Crippen LogP contribution in [0.25, 0.3) is 0 Å². The fourth-order valence-electron chi connectivity index (χ4n) is 2.87. The number of rotatable bonds is 3. The normalized spacial score (nSPS) is 27.9. The van der Waals surface area contributed by atoms with Gasteiger partial charge in [0.05, 0.1) is 6.10 Å². The van der Waals surface area contributed by atoms with Crippen LogP contribution in [0, 0.1) is 5.41 Å². The third-order valence-corrected chi connectivity index (χ3v) is 4.75. The van der Waals surface area contributed by atoms with Crippen LogP contribution in [0.1, 0.15) is 47.5 Å². The van der Waals surface area contributed by atoms with Gasteiger partial charge in [-0.15, -0.1) is 0 Å². The monoisotopic (exact) mass is 310 g/mol. The van der Waals surface area contributed by atoms with E-state index in [1.54, 1.807) is 4.90 Å². The van der Waals surface area contributed by atoms with Crippen molar-refractivity contribution in [2.24, 2.45) is 5.41 Å². The van der Waals surface area contributed by atoms with E-state index in [2.05, 4.69) is 25.2 Å². The van der Waals surface area contributed by atoms with Gasteiger partial charge in [0, 0.05) is 31.1 Å². The van der Waals surface area contributed by atoms with Crippen molar-refractivity contribution in [3.8, 4) is 0 Å². The molecule has 2 unspecified atom stereocenters. The van der Waals surface area contributed by atoms with Gasteiger partial charge >= 0.3 is 6.09 Å². The summed E-state index contributed by atoms with van der Waals surface area (Å²) in [6, 6.07) is 0.368. The van der Waals surface area contributed by atoms with E-state index >= 15 is 0 Å². The first-order chi connectivity index (χ1) is 10.1. The number of ether oxygens (including phenoxy) is 1. The van der Waals surface area contributed by atoms with Crippen molar-refractivity contribution >= 4 is 6.09 Å². The Morgan fingerprint density at radius 2 is 2.18 bits per heavy atom. The third-order valence-electron chi connectivity index (χ3n) is 4.75. The number of aliphatic hydroxyl groups excluding tert-OH is 1. The summed E-state index contributed by atoms with van der Waals surface area (Å²) in [7, 11) is 0. The molecule has 2 atom stereocenters. The molecule has 5 heteroatoms. The maximum absolute atomic E-state index is 12.0. The van der Waals surface area contributed by atoms with Gasteiger partial charge in [0.25, 0.3) is 0 Å². The van der Waals surface area contributed by atoms with Crippen LogP contribution in [0.4, 0.5) is 4.79 Å². The highest BCUT2D eigenvalue weighted by atomic mass is 16.6. The van der Waals surface area contributed by atoms with Crippen LogP contribution in [0.5, 0.6) is 0 Å². The zero-order chi connectivity index (χ0) is 16.5. The first-order valence-corrected chi connectivity index (χ1v) is 8.17. The number of amides is 1. The molecule has 5 nitrogen and oxygen atoms in total. The molecule has 2 N–H and O–H groups in total. The average molecular weight is 310 g/mol. The van der Waals surface area contributed by atoms with E-state index in [1.165, 1.54) is 5.57 Å². The molecule has 0 aromatic rings. The van der Waals surface area contributed by atoms with Gasteiger partial charge in [-0.05, 0) is 33.6 Å². The minimum Gasteiger partial charge on any atom is -0.444 e. The van der Waals surface area contributed by atoms with E-state index in [4.69, 9.17) is 4.74 Å². The van der Waals surface area contributed by atoms with Crippen molar-refractivity contribution < 1.29 is 14.6 Å². The molecule has 126 valence electrons. The predicted molar refractivity (Wildman–Crippen MR) is 86.7 cm³/mol. The Bertz CT molecular complexity index is 451. The lowest BCUT2D eigenvalue weighted by atomic mass is 9.64. The van der Waals surface area contributed by atoms with Crippen molar-refractivity contribution in [3.05, 3.63) is 11.6 Å². The molecule has 2 rings (SSSR count). The Morgan fingerprint density at radius 1 is 1.50 bits per heavy atom. The van der Waals surface area contributed by atoms with Gasteiger partial charge in [-0.3, -0.25) is 0 Å². The minimum atomic E-state index is -0.445. The number of carbonyl (C=O) groups is 1. The summed E-state index contributed by atoms with van der Waals surface area (Å²) in [6.45, 7) is 12.0. The van der Waals surface area contributed by atoms with Gasteiger partial charge in [-0.1, -0.05) is 25.5 Å². The summed E-state index contributed by atoms with van der Waals surface area (Å²) < 4.78 is 5.39. The summed E-state index contributed by atoms with van der Waals surface area (Å²) in [5.74, 6) is 0. The van der Waals surface area contributed by atoms with E-state index in [9.17, 15) is 9.90 Å². The van der Waals surface area contributed by atoms with Crippen LogP contribution in [-0.4, -0.2) is 53.5 Å². The quantitative estimate of drug-likeness (QED) is 0.785. The SMILES string of the molecule is CC(C)(C)OC(=O)N1CC=C(CNC2CC(O)C2(C)C)CC1. The predicted octanol–water partition coefficient (Wildman–Crippen LogP) is 2.30. The molecular weight excluding hydrogens is 280 g/mol. The summed E-state index contributed by atoms with van der Waals surface area (Å²) in [5, 5.41) is 13.3. The second-order valence-corrected chi connectivity index (χ2v) is 8.05. The Balaban J connectivity index is 1.76. The van der Waals surface area contributed by atoms with Crippen molar-refractivity contribution in [2.75, 3.05) is 19.6 Å². The number of hydrogen-bond donors (Lipinski definition) is 2. The highest BCUT2D eigenvalue weighted by Crippen LogP contribution is 2.40. The molecular formula is C17H30N2O3. The highest BCUT2D eigenvalue weighted by Gasteiger charge is 2.46. The second-order valence-electron chi connectivity index (χ2n) is 8.05. The van der Waals surface area contributed by atoms with Gasteiger partial charge in [-0.25, -0.2) is 4.79 Å². The van der Waals surface area contributed by atoms with Crippen molar-refractivity contribution in [2.45, 2.75) is 65.2 Å². The van der Waals surface area contributed by atoms with E-state index < -0.39 is 5.60 Å². The average Bonchev–Trinajstić information content (AvgIpc) is 2.42. The standard InChI is InChI=1S/C17H30N2O3/c1-16(2,3)22-15(21)19-8-6-12(7-9-19)11-18-13-10-14(20)17(13,4)5/h6,13-14,18,20H,7-11H2,1-5H3. The van der Waals surface area contributed by atoms with Crippen LogP contribution in [0.2, 0.25) is 0 Å². The highest BCUT2D eigenvalue weighted by molar-refractivity contribution is 5.68. The molecule has 1 amide bonds. The van der Waals surface area contributed by atoms with Crippen LogP contribution in [0.15, 0.2) is 11.6 Å². The van der Waals surface area contributed by atoms with E-state index in [0.29, 0.717) is 19.1 Å². The van der Waals surface area contributed by atoms with Crippen molar-refractivity contribution in [1.29, 1.82) is 0 Å². The third kappa shape index (κ3) is 4.02. The van der Waals surface area contributed by atoms with Crippen LogP contribution in [-0.2, 0) is 4.74 Å². The molecule has 1 aliphatic heterocycles. The number of carbonyl (C=O) groups excluding carboxylic acids is 1. The van der Waals surface area contributed by atoms with E-state index in [0.717, 1.165) is 19.4 Å². The zero-order valence-corrected chi connectivity index (χ0v) is 14.5. The van der Waals surface area contributed by atoms with E-state index in [-0.39, 0.29) is 17.6 Å². The topological polar surface area (TPSA) is 61.8 Å². The number of aliphatic hydroxyl groups is 1. The van der Waals surface area contributed by atoms with Gasteiger partial charge in [0.1, 0.15) is 5.60 Å². The minimum absolute atomic E-state index is 0.0439. The fourth-order valence-corrected chi connectivity index (χ4v) is 2.87. The second kappa shape index (κ2) is 6.20. The molecule has 0 bridgehead atoms. The Hall–Kier alpha value is -1.07. The maximum Gasteiger partial charge on any atom is 0.410 e. The number of nitrogens with zero attached hydrogens (tertiary/aromatic N) is 1. The summed E-state index contributed by atoms with van der Waals surface area (Å²) in [5.41, 5.74) is 0.842. The molecule has 0 radical (unpaired) electrons. The Kier molecular flexibility index (Phi) is 4.87. The zero-order valence-electron chi connectivity index (χ0n) is 14.5. The number of hydrogen-bond acceptors (Lipinski definition) is 4. The smallest absolute Gasteiger partial charge is 0.410 e. The molecule has 0 spiro atoms. The van der Waals surface area contributed by atoms with Crippen LogP contribution >= 0.6 is 0 Å². The van der Waals surface area contributed by atoms with Crippen LogP contribution in [0.3, 0.4) is 0 Å². The molecule has 0 saturated heterocycles. The molecule has 0 aromatic heterocycles. The van der Waals surface area contributed by atoms with Gasteiger partial charge in [0.15, 0.2) is 0 Å². The lowest BCUT2D eigenvalue weighted by molar-refractivity contribution is -0.0715. The molecule has 22 heavy (non-hydrogen) atoms. The van der Waals surface area contributed by atoms with Crippen molar-refractivity contribution in [1.82, 2.24) is 10.2 Å². The molecule has 2 aliphatic rings. The first kappa shape index (κ1) is 17.3. The van der Waals surface area contributed by atoms with E-state index in [1.807, 2.05) is 20.8 Å². The lowest BCUT2D eigenvalue weighted by Gasteiger charge is -2.50. The van der Waals surface area contributed by atoms with Crippen molar-refractivity contribution in [3.63, 3.8) is 0 Å². The largest absolute Gasteiger partial charge is 0.444 e.